The van der Waals surface area contributed by atoms with Crippen molar-refractivity contribution in [3.05, 3.63) is 42.1 Å². The lowest BCUT2D eigenvalue weighted by Gasteiger charge is -2.37. The van der Waals surface area contributed by atoms with E-state index in [0.29, 0.717) is 5.69 Å². The van der Waals surface area contributed by atoms with Crippen LogP contribution in [0.15, 0.2) is 36.4 Å². The third-order valence-corrected chi connectivity index (χ3v) is 5.54. The van der Waals surface area contributed by atoms with Crippen LogP contribution in [0.3, 0.4) is 0 Å². The van der Waals surface area contributed by atoms with Crippen LogP contribution in [0.5, 0.6) is 5.75 Å². The van der Waals surface area contributed by atoms with E-state index in [4.69, 9.17) is 4.74 Å². The van der Waals surface area contributed by atoms with E-state index in [1.807, 2.05) is 35.2 Å². The number of piperidine rings is 1. The number of methoxy groups -OCH3 is 1. The van der Waals surface area contributed by atoms with E-state index >= 15 is 0 Å². The maximum absolute atomic E-state index is 12.5. The van der Waals surface area contributed by atoms with Crippen molar-refractivity contribution < 1.29 is 9.53 Å². The minimum Gasteiger partial charge on any atom is -0.495 e. The van der Waals surface area contributed by atoms with Crippen LogP contribution in [0.25, 0.3) is 0 Å². The molecule has 2 aliphatic heterocycles. The van der Waals surface area contributed by atoms with Gasteiger partial charge < -0.3 is 19.4 Å². The Morgan fingerprint density at radius 1 is 0.857 bits per heavy atom. The highest BCUT2D eigenvalue weighted by atomic mass is 16.5. The number of anilines is 2. The molecule has 0 aliphatic carbocycles. The third-order valence-electron chi connectivity index (χ3n) is 5.54. The molecule has 148 valence electrons. The number of para-hydroxylation sites is 2. The molecule has 2 aromatic rings. The van der Waals surface area contributed by atoms with Crippen molar-refractivity contribution in [2.75, 3.05) is 56.2 Å². The average molecular weight is 381 g/mol. The van der Waals surface area contributed by atoms with Crippen molar-refractivity contribution in [3.8, 4) is 5.75 Å². The summed E-state index contributed by atoms with van der Waals surface area (Å²) < 4.78 is 5.48. The molecule has 1 aromatic carbocycles. The lowest BCUT2D eigenvalue weighted by atomic mass is 10.1. The number of aromatic nitrogens is 2. The number of benzene rings is 1. The van der Waals surface area contributed by atoms with E-state index in [0.717, 1.165) is 69.4 Å². The van der Waals surface area contributed by atoms with Gasteiger partial charge in [-0.1, -0.05) is 12.1 Å². The summed E-state index contributed by atoms with van der Waals surface area (Å²) in [6.45, 7) is 5.13. The number of amides is 1. The summed E-state index contributed by atoms with van der Waals surface area (Å²) >= 11 is 0. The van der Waals surface area contributed by atoms with Gasteiger partial charge in [0.1, 0.15) is 5.75 Å². The lowest BCUT2D eigenvalue weighted by Crippen LogP contribution is -2.47. The zero-order chi connectivity index (χ0) is 19.3. The lowest BCUT2D eigenvalue weighted by molar-refractivity contribution is 0.0717. The zero-order valence-electron chi connectivity index (χ0n) is 16.4. The average Bonchev–Trinajstić information content (AvgIpc) is 2.79. The molecule has 7 nitrogen and oxygen atoms in total. The van der Waals surface area contributed by atoms with Gasteiger partial charge in [-0.15, -0.1) is 10.2 Å². The van der Waals surface area contributed by atoms with Crippen molar-refractivity contribution >= 4 is 17.4 Å². The summed E-state index contributed by atoms with van der Waals surface area (Å²) in [6, 6.07) is 11.8. The van der Waals surface area contributed by atoms with E-state index in [1.54, 1.807) is 7.11 Å². The molecule has 0 N–H and O–H groups in total. The highest BCUT2D eigenvalue weighted by Crippen LogP contribution is 2.28. The Hall–Kier alpha value is -2.83. The minimum atomic E-state index is -0.000239. The van der Waals surface area contributed by atoms with Gasteiger partial charge in [-0.25, -0.2) is 0 Å². The number of carbonyl (C=O) groups excluding carboxylic acids is 1. The van der Waals surface area contributed by atoms with Crippen LogP contribution in [0.4, 0.5) is 11.5 Å². The molecule has 2 saturated heterocycles. The van der Waals surface area contributed by atoms with Crippen molar-refractivity contribution in [1.29, 1.82) is 0 Å². The van der Waals surface area contributed by atoms with Crippen LogP contribution >= 0.6 is 0 Å². The molecule has 0 radical (unpaired) electrons. The third kappa shape index (κ3) is 3.88. The molecular formula is C21H27N5O2. The van der Waals surface area contributed by atoms with Gasteiger partial charge in [-0.2, -0.15) is 0 Å². The number of hydrogen-bond acceptors (Lipinski definition) is 6. The second-order valence-electron chi connectivity index (χ2n) is 7.28. The van der Waals surface area contributed by atoms with Gasteiger partial charge in [0.15, 0.2) is 11.5 Å². The van der Waals surface area contributed by atoms with Crippen LogP contribution in [0.1, 0.15) is 29.8 Å². The van der Waals surface area contributed by atoms with Gasteiger partial charge in [0.05, 0.1) is 12.8 Å². The van der Waals surface area contributed by atoms with Crippen molar-refractivity contribution in [2.45, 2.75) is 19.3 Å². The SMILES string of the molecule is COc1ccccc1N1CCN(c2ccc(C(=O)N3CCCCC3)nn2)CC1. The molecule has 2 aliphatic rings. The molecule has 7 heteroatoms. The normalized spacial score (nSPS) is 17.5. The van der Waals surface area contributed by atoms with Crippen LogP contribution < -0.4 is 14.5 Å². The summed E-state index contributed by atoms with van der Waals surface area (Å²) in [6.07, 6.45) is 3.36. The molecule has 2 fully saturated rings. The van der Waals surface area contributed by atoms with Gasteiger partial charge in [0.2, 0.25) is 0 Å². The monoisotopic (exact) mass is 381 g/mol. The number of nitrogens with zero attached hydrogens (tertiary/aromatic N) is 5. The molecule has 0 saturated carbocycles. The molecular weight excluding hydrogens is 354 g/mol. The number of rotatable bonds is 4. The predicted octanol–water partition coefficient (Wildman–Crippen LogP) is 2.44. The Labute approximate surface area is 165 Å². The van der Waals surface area contributed by atoms with Crippen molar-refractivity contribution in [2.24, 2.45) is 0 Å². The Morgan fingerprint density at radius 2 is 1.57 bits per heavy atom. The number of hydrogen-bond donors (Lipinski definition) is 0. The number of ether oxygens (including phenoxy) is 1. The summed E-state index contributed by atoms with van der Waals surface area (Å²) in [4.78, 5) is 19.0. The molecule has 4 rings (SSSR count). The van der Waals surface area contributed by atoms with E-state index in [2.05, 4.69) is 26.1 Å². The molecule has 0 spiro atoms. The van der Waals surface area contributed by atoms with Gasteiger partial charge in [-0.05, 0) is 43.5 Å². The summed E-state index contributed by atoms with van der Waals surface area (Å²) in [5.74, 6) is 1.73. The number of piperazine rings is 1. The van der Waals surface area contributed by atoms with Gasteiger partial charge in [-0.3, -0.25) is 4.79 Å². The number of carbonyl (C=O) groups is 1. The Balaban J connectivity index is 1.37. The molecule has 0 atom stereocenters. The summed E-state index contributed by atoms with van der Waals surface area (Å²) in [5, 5.41) is 8.55. The molecule has 1 aromatic heterocycles. The quantitative estimate of drug-likeness (QED) is 0.811. The van der Waals surface area contributed by atoms with Gasteiger partial charge in [0, 0.05) is 39.3 Å². The minimum absolute atomic E-state index is 0.000239. The maximum atomic E-state index is 12.5. The Kier molecular flexibility index (Phi) is 5.60. The maximum Gasteiger partial charge on any atom is 0.274 e. The van der Waals surface area contributed by atoms with Crippen LogP contribution in [0, 0.1) is 0 Å². The first kappa shape index (κ1) is 18.5. The van der Waals surface area contributed by atoms with Crippen LogP contribution in [-0.4, -0.2) is 67.4 Å². The number of likely N-dealkylation sites (tertiary alicyclic amines) is 1. The molecule has 1 amide bonds. The Morgan fingerprint density at radius 3 is 2.25 bits per heavy atom. The first-order valence-electron chi connectivity index (χ1n) is 10.0. The van der Waals surface area contributed by atoms with Gasteiger partial charge >= 0.3 is 0 Å². The van der Waals surface area contributed by atoms with E-state index < -0.39 is 0 Å². The van der Waals surface area contributed by atoms with E-state index in [-0.39, 0.29) is 5.91 Å². The standard InChI is InChI=1S/C21H27N5O2/c1-28-19-8-4-3-7-18(19)24-13-15-25(16-14-24)20-10-9-17(22-23-20)21(27)26-11-5-2-6-12-26/h3-4,7-10H,2,5-6,11-16H2,1H3. The topological polar surface area (TPSA) is 61.8 Å². The zero-order valence-corrected chi connectivity index (χ0v) is 16.4. The van der Waals surface area contributed by atoms with Crippen molar-refractivity contribution in [1.82, 2.24) is 15.1 Å². The van der Waals surface area contributed by atoms with E-state index in [9.17, 15) is 4.79 Å². The second kappa shape index (κ2) is 8.46. The second-order valence-corrected chi connectivity index (χ2v) is 7.28. The fourth-order valence-corrected chi connectivity index (χ4v) is 3.93. The first-order chi connectivity index (χ1) is 13.8. The van der Waals surface area contributed by atoms with Crippen LogP contribution in [-0.2, 0) is 0 Å². The smallest absolute Gasteiger partial charge is 0.274 e. The molecule has 0 bridgehead atoms. The first-order valence-corrected chi connectivity index (χ1v) is 10.0. The largest absolute Gasteiger partial charge is 0.495 e. The molecule has 28 heavy (non-hydrogen) atoms. The highest BCUT2D eigenvalue weighted by molar-refractivity contribution is 5.92. The molecule has 0 unspecified atom stereocenters. The van der Waals surface area contributed by atoms with E-state index in [1.165, 1.54) is 6.42 Å². The predicted molar refractivity (Wildman–Crippen MR) is 109 cm³/mol. The van der Waals surface area contributed by atoms with Gasteiger partial charge in [0.25, 0.3) is 5.91 Å². The summed E-state index contributed by atoms with van der Waals surface area (Å²) in [5.41, 5.74) is 1.57. The summed E-state index contributed by atoms with van der Waals surface area (Å²) in [7, 11) is 1.71. The van der Waals surface area contributed by atoms with Crippen molar-refractivity contribution in [3.63, 3.8) is 0 Å². The van der Waals surface area contributed by atoms with Crippen LogP contribution in [0.2, 0.25) is 0 Å². The Bertz CT molecular complexity index is 797. The fourth-order valence-electron chi connectivity index (χ4n) is 3.93. The highest BCUT2D eigenvalue weighted by Gasteiger charge is 2.23. The fraction of sp³-hybridized carbons (Fsp3) is 0.476. The molecule has 3 heterocycles.